The van der Waals surface area contributed by atoms with Crippen LogP contribution in [0.15, 0.2) is 18.2 Å². The molecule has 2 aliphatic rings. The normalized spacial score (nSPS) is 26.1. The van der Waals surface area contributed by atoms with Gasteiger partial charge in [-0.15, -0.1) is 0 Å². The maximum Gasteiger partial charge on any atom is 0.230 e. The van der Waals surface area contributed by atoms with Crippen molar-refractivity contribution in [3.8, 4) is 0 Å². The first kappa shape index (κ1) is 13.5. The van der Waals surface area contributed by atoms with E-state index in [9.17, 15) is 4.79 Å². The van der Waals surface area contributed by atoms with Crippen molar-refractivity contribution in [3.63, 3.8) is 0 Å². The van der Waals surface area contributed by atoms with Gasteiger partial charge >= 0.3 is 0 Å². The highest BCUT2D eigenvalue weighted by Crippen LogP contribution is 2.34. The second kappa shape index (κ2) is 5.47. The van der Waals surface area contributed by atoms with E-state index in [0.29, 0.717) is 5.91 Å². The second-order valence-electron chi connectivity index (χ2n) is 6.44. The fraction of sp³-hybridized carbons (Fsp3) is 0.588. The summed E-state index contributed by atoms with van der Waals surface area (Å²) in [6.45, 7) is 3.14. The van der Waals surface area contributed by atoms with E-state index in [2.05, 4.69) is 13.0 Å². The minimum atomic E-state index is 0.221. The summed E-state index contributed by atoms with van der Waals surface area (Å²) in [5, 5.41) is 0. The molecule has 3 heteroatoms. The highest BCUT2D eigenvalue weighted by molar-refractivity contribution is 5.96. The van der Waals surface area contributed by atoms with Crippen LogP contribution >= 0.6 is 0 Å². The van der Waals surface area contributed by atoms with Gasteiger partial charge in [0.2, 0.25) is 5.91 Å². The molecule has 0 atom stereocenters. The standard InChI is InChI=1S/C17H24N2O/c1-12-4-6-14(7-5-12)17(20)19-10-2-3-13-8-9-15(18)11-16(13)19/h8-9,11-12,14H,2-7,10,18H2,1H3. The van der Waals surface area contributed by atoms with E-state index in [4.69, 9.17) is 5.73 Å². The molecular formula is C17H24N2O. The fourth-order valence-corrected chi connectivity index (χ4v) is 3.55. The summed E-state index contributed by atoms with van der Waals surface area (Å²) in [4.78, 5) is 14.8. The quantitative estimate of drug-likeness (QED) is 0.797. The van der Waals surface area contributed by atoms with Crippen molar-refractivity contribution in [1.29, 1.82) is 0 Å². The maximum absolute atomic E-state index is 12.8. The number of amides is 1. The monoisotopic (exact) mass is 272 g/mol. The summed E-state index contributed by atoms with van der Waals surface area (Å²) in [5.41, 5.74) is 8.98. The smallest absolute Gasteiger partial charge is 0.230 e. The van der Waals surface area contributed by atoms with E-state index >= 15 is 0 Å². The lowest BCUT2D eigenvalue weighted by Gasteiger charge is -2.34. The molecule has 1 aliphatic heterocycles. The van der Waals surface area contributed by atoms with Crippen LogP contribution < -0.4 is 10.6 Å². The molecule has 1 heterocycles. The molecule has 1 aromatic rings. The Balaban J connectivity index is 1.81. The molecule has 0 unspecified atom stereocenters. The van der Waals surface area contributed by atoms with Crippen molar-refractivity contribution in [2.45, 2.75) is 45.4 Å². The van der Waals surface area contributed by atoms with Crippen LogP contribution in [0, 0.1) is 11.8 Å². The lowest BCUT2D eigenvalue weighted by Crippen LogP contribution is -2.40. The van der Waals surface area contributed by atoms with Crippen LogP contribution in [0.3, 0.4) is 0 Å². The van der Waals surface area contributed by atoms with Gasteiger partial charge in [-0.1, -0.05) is 13.0 Å². The van der Waals surface area contributed by atoms with E-state index < -0.39 is 0 Å². The van der Waals surface area contributed by atoms with Gasteiger partial charge in [0.05, 0.1) is 0 Å². The maximum atomic E-state index is 12.8. The number of benzene rings is 1. The van der Waals surface area contributed by atoms with Crippen molar-refractivity contribution in [3.05, 3.63) is 23.8 Å². The van der Waals surface area contributed by atoms with Crippen LogP contribution in [-0.2, 0) is 11.2 Å². The zero-order valence-electron chi connectivity index (χ0n) is 12.3. The number of hydrogen-bond donors (Lipinski definition) is 1. The molecule has 0 bridgehead atoms. The average molecular weight is 272 g/mol. The van der Waals surface area contributed by atoms with Crippen LogP contribution in [0.4, 0.5) is 11.4 Å². The van der Waals surface area contributed by atoms with Gasteiger partial charge in [0.1, 0.15) is 0 Å². The van der Waals surface area contributed by atoms with Gasteiger partial charge in [-0.3, -0.25) is 4.79 Å². The van der Waals surface area contributed by atoms with Crippen molar-refractivity contribution in [2.75, 3.05) is 17.2 Å². The first-order chi connectivity index (χ1) is 9.65. The van der Waals surface area contributed by atoms with E-state index in [1.165, 1.54) is 18.4 Å². The summed E-state index contributed by atoms with van der Waals surface area (Å²) in [5.74, 6) is 1.32. The molecule has 20 heavy (non-hydrogen) atoms. The van der Waals surface area contributed by atoms with Crippen molar-refractivity contribution >= 4 is 17.3 Å². The third-order valence-corrected chi connectivity index (χ3v) is 4.86. The highest BCUT2D eigenvalue weighted by atomic mass is 16.2. The Morgan fingerprint density at radius 2 is 2.00 bits per heavy atom. The highest BCUT2D eigenvalue weighted by Gasteiger charge is 2.31. The third kappa shape index (κ3) is 2.54. The second-order valence-corrected chi connectivity index (χ2v) is 6.44. The zero-order valence-corrected chi connectivity index (χ0v) is 12.3. The van der Waals surface area contributed by atoms with E-state index in [-0.39, 0.29) is 5.92 Å². The minimum absolute atomic E-state index is 0.221. The van der Waals surface area contributed by atoms with Gasteiger partial charge < -0.3 is 10.6 Å². The number of carbonyl (C=O) groups excluding carboxylic acids is 1. The first-order valence-corrected chi connectivity index (χ1v) is 7.85. The molecular weight excluding hydrogens is 248 g/mol. The molecule has 1 aromatic carbocycles. The number of nitrogens with two attached hydrogens (primary N) is 1. The Labute approximate surface area is 121 Å². The number of nitrogens with zero attached hydrogens (tertiary/aromatic N) is 1. The predicted molar refractivity (Wildman–Crippen MR) is 82.7 cm³/mol. The number of aryl methyl sites for hydroxylation is 1. The Bertz CT molecular complexity index is 504. The van der Waals surface area contributed by atoms with E-state index in [1.807, 2.05) is 17.0 Å². The molecule has 1 saturated carbocycles. The fourth-order valence-electron chi connectivity index (χ4n) is 3.55. The van der Waals surface area contributed by atoms with Gasteiger partial charge in [-0.2, -0.15) is 0 Å². The van der Waals surface area contributed by atoms with Gasteiger partial charge in [-0.05, 0) is 62.1 Å². The number of fused-ring (bicyclic) bond motifs is 1. The topological polar surface area (TPSA) is 46.3 Å². The van der Waals surface area contributed by atoms with E-state index in [1.54, 1.807) is 0 Å². The lowest BCUT2D eigenvalue weighted by molar-refractivity contribution is -0.123. The van der Waals surface area contributed by atoms with Crippen LogP contribution in [0.25, 0.3) is 0 Å². The Morgan fingerprint density at radius 1 is 1.25 bits per heavy atom. The lowest BCUT2D eigenvalue weighted by atomic mass is 9.82. The van der Waals surface area contributed by atoms with Crippen LogP contribution in [0.1, 0.15) is 44.6 Å². The molecule has 3 nitrogen and oxygen atoms in total. The van der Waals surface area contributed by atoms with Gasteiger partial charge in [-0.25, -0.2) is 0 Å². The molecule has 0 aromatic heterocycles. The van der Waals surface area contributed by atoms with Gasteiger partial charge in [0.25, 0.3) is 0 Å². The molecule has 2 N–H and O–H groups in total. The Morgan fingerprint density at radius 3 is 2.75 bits per heavy atom. The average Bonchev–Trinajstić information content (AvgIpc) is 2.46. The molecule has 1 aliphatic carbocycles. The molecule has 0 radical (unpaired) electrons. The number of anilines is 2. The number of hydrogen-bond acceptors (Lipinski definition) is 2. The molecule has 3 rings (SSSR count). The van der Waals surface area contributed by atoms with E-state index in [0.717, 1.165) is 49.5 Å². The Kier molecular flexibility index (Phi) is 3.68. The third-order valence-electron chi connectivity index (χ3n) is 4.86. The summed E-state index contributed by atoms with van der Waals surface area (Å²) in [6, 6.07) is 5.99. The molecule has 0 saturated heterocycles. The Hall–Kier alpha value is -1.51. The van der Waals surface area contributed by atoms with Crippen LogP contribution in [0.2, 0.25) is 0 Å². The summed E-state index contributed by atoms with van der Waals surface area (Å²) in [6.07, 6.45) is 6.59. The summed E-state index contributed by atoms with van der Waals surface area (Å²) in [7, 11) is 0. The number of carbonyl (C=O) groups is 1. The predicted octanol–water partition coefficient (Wildman–Crippen LogP) is 3.37. The minimum Gasteiger partial charge on any atom is -0.399 e. The molecule has 0 spiro atoms. The van der Waals surface area contributed by atoms with Crippen LogP contribution in [-0.4, -0.2) is 12.5 Å². The molecule has 1 fully saturated rings. The SMILES string of the molecule is CC1CCC(C(=O)N2CCCc3ccc(N)cc32)CC1. The zero-order chi connectivity index (χ0) is 14.1. The van der Waals surface area contributed by atoms with Crippen molar-refractivity contribution < 1.29 is 4.79 Å². The van der Waals surface area contributed by atoms with Crippen molar-refractivity contribution in [1.82, 2.24) is 0 Å². The van der Waals surface area contributed by atoms with Gasteiger partial charge in [0, 0.05) is 23.8 Å². The summed E-state index contributed by atoms with van der Waals surface area (Å²) < 4.78 is 0. The van der Waals surface area contributed by atoms with Gasteiger partial charge in [0.15, 0.2) is 0 Å². The number of nitrogen functional groups attached to an aromatic ring is 1. The molecule has 1 amide bonds. The van der Waals surface area contributed by atoms with Crippen LogP contribution in [0.5, 0.6) is 0 Å². The summed E-state index contributed by atoms with van der Waals surface area (Å²) >= 11 is 0. The number of rotatable bonds is 1. The van der Waals surface area contributed by atoms with Crippen molar-refractivity contribution in [2.24, 2.45) is 11.8 Å². The first-order valence-electron chi connectivity index (χ1n) is 7.85. The molecule has 108 valence electrons. The largest absolute Gasteiger partial charge is 0.399 e.